The second kappa shape index (κ2) is 6.12. The largest absolute Gasteiger partial charge is 0.271 e. The Labute approximate surface area is 117 Å². The second-order valence-electron chi connectivity index (χ2n) is 4.53. The third kappa shape index (κ3) is 3.86. The number of nitrogens with two attached hydrogens (primary N) is 1. The predicted octanol–water partition coefficient (Wildman–Crippen LogP) is 0.206. The summed E-state index contributed by atoms with van der Waals surface area (Å²) >= 11 is 0. The zero-order chi connectivity index (χ0) is 14.6. The van der Waals surface area contributed by atoms with E-state index in [1.165, 1.54) is 11.1 Å². The fourth-order valence-electron chi connectivity index (χ4n) is 1.77. The van der Waals surface area contributed by atoms with Crippen LogP contribution in [0, 0.1) is 0 Å². The molecule has 1 unspecified atom stereocenters. The van der Waals surface area contributed by atoms with E-state index in [9.17, 15) is 8.42 Å². The topological polar surface area (TPSA) is 103 Å². The first-order valence-corrected chi connectivity index (χ1v) is 8.17. The fourth-order valence-corrected chi connectivity index (χ4v) is 2.43. The average molecular weight is 295 g/mol. The molecule has 0 bridgehead atoms. The lowest BCUT2D eigenvalue weighted by molar-refractivity contribution is 0.515. The predicted molar refractivity (Wildman–Crippen MR) is 75.8 cm³/mol. The zero-order valence-corrected chi connectivity index (χ0v) is 11.9. The van der Waals surface area contributed by atoms with E-state index in [4.69, 9.17) is 5.84 Å². The molecule has 1 atom stereocenters. The van der Waals surface area contributed by atoms with Gasteiger partial charge in [0.15, 0.2) is 0 Å². The van der Waals surface area contributed by atoms with E-state index in [1.54, 1.807) is 6.20 Å². The van der Waals surface area contributed by atoms with Crippen LogP contribution in [0.1, 0.15) is 18.2 Å². The monoisotopic (exact) mass is 295 g/mol. The second-order valence-corrected chi connectivity index (χ2v) is 6.79. The van der Waals surface area contributed by atoms with E-state index in [0.717, 1.165) is 5.69 Å². The van der Waals surface area contributed by atoms with Crippen molar-refractivity contribution in [2.24, 2.45) is 5.84 Å². The molecule has 7 nitrogen and oxygen atoms in total. The highest BCUT2D eigenvalue weighted by Gasteiger charge is 2.16. The van der Waals surface area contributed by atoms with Crippen LogP contribution in [0.5, 0.6) is 0 Å². The highest BCUT2D eigenvalue weighted by molar-refractivity contribution is 7.90. The van der Waals surface area contributed by atoms with Gasteiger partial charge >= 0.3 is 0 Å². The van der Waals surface area contributed by atoms with Gasteiger partial charge in [-0.15, -0.1) is 0 Å². The van der Waals surface area contributed by atoms with Gasteiger partial charge < -0.3 is 0 Å². The average Bonchev–Trinajstić information content (AvgIpc) is 2.89. The van der Waals surface area contributed by atoms with Crippen molar-refractivity contribution in [2.45, 2.75) is 12.5 Å². The lowest BCUT2D eigenvalue weighted by Gasteiger charge is -2.11. The van der Waals surface area contributed by atoms with Crippen LogP contribution in [-0.4, -0.2) is 35.4 Å². The number of hydrogen-bond acceptors (Lipinski definition) is 6. The summed E-state index contributed by atoms with van der Waals surface area (Å²) in [5.41, 5.74) is 4.02. The smallest absolute Gasteiger partial charge is 0.147 e. The Bertz CT molecular complexity index is 653. The Morgan fingerprint density at radius 2 is 2.05 bits per heavy atom. The normalized spacial score (nSPS) is 13.3. The molecule has 0 aliphatic heterocycles. The molecule has 0 spiro atoms. The van der Waals surface area contributed by atoms with Crippen LogP contribution in [0.15, 0.2) is 36.5 Å². The summed E-state index contributed by atoms with van der Waals surface area (Å²) in [6.45, 7) is 0. The van der Waals surface area contributed by atoms with Gasteiger partial charge in [-0.1, -0.05) is 18.2 Å². The lowest BCUT2D eigenvalue weighted by atomic mass is 10.2. The molecule has 0 aliphatic carbocycles. The summed E-state index contributed by atoms with van der Waals surface area (Å²) in [5.74, 6) is 5.50. The maximum atomic E-state index is 11.2. The van der Waals surface area contributed by atoms with Crippen LogP contribution in [0.2, 0.25) is 0 Å². The van der Waals surface area contributed by atoms with Crippen LogP contribution in [0.25, 0.3) is 5.69 Å². The van der Waals surface area contributed by atoms with E-state index >= 15 is 0 Å². The fraction of sp³-hybridized carbons (Fsp3) is 0.333. The number of nitrogens with zero attached hydrogens (tertiary/aromatic N) is 3. The van der Waals surface area contributed by atoms with E-state index in [0.29, 0.717) is 12.1 Å². The van der Waals surface area contributed by atoms with Crippen molar-refractivity contribution in [2.75, 3.05) is 12.0 Å². The van der Waals surface area contributed by atoms with Crippen molar-refractivity contribution in [3.8, 4) is 5.69 Å². The summed E-state index contributed by atoms with van der Waals surface area (Å²) in [6, 6.07) is 9.10. The van der Waals surface area contributed by atoms with Gasteiger partial charge in [0.05, 0.1) is 23.7 Å². The number of aromatic nitrogens is 3. The summed E-state index contributed by atoms with van der Waals surface area (Å²) in [6.07, 6.45) is 3.13. The van der Waals surface area contributed by atoms with Gasteiger partial charge in [0.2, 0.25) is 0 Å². The Balaban J connectivity index is 2.14. The molecule has 108 valence electrons. The van der Waals surface area contributed by atoms with Crippen molar-refractivity contribution >= 4 is 9.84 Å². The van der Waals surface area contributed by atoms with Gasteiger partial charge in [0, 0.05) is 6.26 Å². The minimum absolute atomic E-state index is 0.0417. The number of sulfone groups is 1. The number of benzene rings is 1. The molecular formula is C12H17N5O2S. The van der Waals surface area contributed by atoms with Crippen molar-refractivity contribution in [3.63, 3.8) is 0 Å². The third-order valence-corrected chi connectivity index (χ3v) is 3.81. The SMILES string of the molecule is CS(=O)(=O)CCC(NN)c1cnn(-c2ccccc2)n1. The third-order valence-electron chi connectivity index (χ3n) is 2.83. The maximum Gasteiger partial charge on any atom is 0.147 e. The molecule has 20 heavy (non-hydrogen) atoms. The Morgan fingerprint density at radius 1 is 1.35 bits per heavy atom. The molecule has 1 heterocycles. The molecule has 2 aromatic rings. The molecule has 1 aromatic carbocycles. The van der Waals surface area contributed by atoms with Crippen molar-refractivity contribution < 1.29 is 8.42 Å². The number of rotatable bonds is 6. The molecule has 2 rings (SSSR count). The first-order chi connectivity index (χ1) is 9.49. The Morgan fingerprint density at radius 3 is 2.65 bits per heavy atom. The molecule has 0 fully saturated rings. The van der Waals surface area contributed by atoms with E-state index in [1.807, 2.05) is 30.3 Å². The molecule has 1 aromatic heterocycles. The first-order valence-electron chi connectivity index (χ1n) is 6.11. The van der Waals surface area contributed by atoms with Crippen LogP contribution < -0.4 is 11.3 Å². The number of para-hydroxylation sites is 1. The van der Waals surface area contributed by atoms with Gasteiger partial charge in [0.25, 0.3) is 0 Å². The van der Waals surface area contributed by atoms with Crippen molar-refractivity contribution in [3.05, 3.63) is 42.2 Å². The lowest BCUT2D eigenvalue weighted by Crippen LogP contribution is -2.30. The number of nitrogens with one attached hydrogen (secondary N) is 1. The first kappa shape index (κ1) is 14.6. The highest BCUT2D eigenvalue weighted by atomic mass is 32.2. The van der Waals surface area contributed by atoms with Crippen LogP contribution >= 0.6 is 0 Å². The van der Waals surface area contributed by atoms with Gasteiger partial charge in [-0.05, 0) is 18.6 Å². The van der Waals surface area contributed by atoms with E-state index in [2.05, 4.69) is 15.6 Å². The minimum Gasteiger partial charge on any atom is -0.271 e. The van der Waals surface area contributed by atoms with E-state index < -0.39 is 9.84 Å². The molecule has 0 amide bonds. The highest BCUT2D eigenvalue weighted by Crippen LogP contribution is 2.14. The Hall–Kier alpha value is -1.77. The summed E-state index contributed by atoms with van der Waals surface area (Å²) < 4.78 is 22.4. The molecule has 0 aliphatic rings. The van der Waals surface area contributed by atoms with Gasteiger partial charge in [-0.25, -0.2) is 8.42 Å². The molecule has 3 N–H and O–H groups in total. The van der Waals surface area contributed by atoms with Crippen molar-refractivity contribution in [1.29, 1.82) is 0 Å². The molecular weight excluding hydrogens is 278 g/mol. The van der Waals surface area contributed by atoms with Gasteiger partial charge in [-0.3, -0.25) is 11.3 Å². The number of hydrogen-bond donors (Lipinski definition) is 2. The Kier molecular flexibility index (Phi) is 4.48. The minimum atomic E-state index is -3.03. The number of hydrazine groups is 1. The van der Waals surface area contributed by atoms with Crippen molar-refractivity contribution in [1.82, 2.24) is 20.4 Å². The van der Waals surface area contributed by atoms with E-state index in [-0.39, 0.29) is 11.8 Å². The summed E-state index contributed by atoms with van der Waals surface area (Å²) in [7, 11) is -3.03. The maximum absolute atomic E-state index is 11.2. The zero-order valence-electron chi connectivity index (χ0n) is 11.1. The quantitative estimate of drug-likeness (QED) is 0.583. The molecule has 0 saturated heterocycles. The van der Waals surface area contributed by atoms with Gasteiger partial charge in [0.1, 0.15) is 15.5 Å². The van der Waals surface area contributed by atoms with Gasteiger partial charge in [-0.2, -0.15) is 15.0 Å². The summed E-state index contributed by atoms with van der Waals surface area (Å²) in [4.78, 5) is 1.49. The standard InChI is InChI=1S/C12H17N5O2S/c1-20(18,19)8-7-11(15-13)12-9-14-17(16-12)10-5-3-2-4-6-10/h2-6,9,11,15H,7-8,13H2,1H3. The molecule has 8 heteroatoms. The molecule has 0 radical (unpaired) electrons. The summed E-state index contributed by atoms with van der Waals surface area (Å²) in [5, 5.41) is 8.48. The van der Waals surface area contributed by atoms with Crippen LogP contribution in [-0.2, 0) is 9.84 Å². The van der Waals surface area contributed by atoms with Crippen LogP contribution in [0.4, 0.5) is 0 Å². The molecule has 0 saturated carbocycles. The van der Waals surface area contributed by atoms with Crippen LogP contribution in [0.3, 0.4) is 0 Å².